The molecule has 0 N–H and O–H groups in total. The predicted molar refractivity (Wildman–Crippen MR) is 131 cm³/mol. The molecule has 0 spiro atoms. The lowest BCUT2D eigenvalue weighted by atomic mass is 9.86. The third-order valence-corrected chi connectivity index (χ3v) is 8.66. The zero-order chi connectivity index (χ0) is 30.1. The van der Waals surface area contributed by atoms with Gasteiger partial charge >= 0.3 is 12.4 Å². The van der Waals surface area contributed by atoms with Crippen LogP contribution in [0.3, 0.4) is 0 Å². The monoisotopic (exact) mass is 598 g/mol. The van der Waals surface area contributed by atoms with Crippen LogP contribution in [0, 0.1) is 11.2 Å². The van der Waals surface area contributed by atoms with E-state index in [1.807, 2.05) is 0 Å². The molecule has 0 aliphatic carbocycles. The molecule has 1 amide bonds. The van der Waals surface area contributed by atoms with Gasteiger partial charge in [-0.05, 0) is 56.2 Å². The Balaban J connectivity index is 1.61. The summed E-state index contributed by atoms with van der Waals surface area (Å²) in [5.41, 5.74) is -3.64. The Labute approximate surface area is 227 Å². The number of nitrogens with zero attached hydrogens (tertiary/aromatic N) is 2. The van der Waals surface area contributed by atoms with Crippen molar-refractivity contribution in [2.75, 3.05) is 26.2 Å². The topological polar surface area (TPSA) is 66.9 Å². The van der Waals surface area contributed by atoms with Crippen molar-refractivity contribution in [2.24, 2.45) is 5.41 Å². The SMILES string of the molecule is CC1CN(C(=O)C(C)(C)CCCOc2cc(C(F)(F)F)ccc2C(F)(F)F)CCN1S(=O)(=O)c1cccc(F)c1. The van der Waals surface area contributed by atoms with Crippen molar-refractivity contribution < 1.29 is 48.7 Å². The van der Waals surface area contributed by atoms with E-state index in [4.69, 9.17) is 4.74 Å². The number of hydrogen-bond acceptors (Lipinski definition) is 4. The van der Waals surface area contributed by atoms with Gasteiger partial charge in [-0.1, -0.05) is 19.9 Å². The number of amides is 1. The van der Waals surface area contributed by atoms with Crippen LogP contribution in [0.2, 0.25) is 0 Å². The standard InChI is InChI=1S/C26H29F7N2O4S/c1-17-16-34(11-12-35(17)40(37,38)20-7-4-6-19(27)15-20)23(36)24(2,3)10-5-13-39-22-14-18(25(28,29)30)8-9-21(22)26(31,32)33/h4,6-9,14-15,17H,5,10-13,16H2,1-3H3. The molecule has 0 radical (unpaired) electrons. The summed E-state index contributed by atoms with van der Waals surface area (Å²) in [5, 5.41) is 0. The lowest BCUT2D eigenvalue weighted by molar-refractivity contribution is -0.143. The second-order valence-corrected chi connectivity index (χ2v) is 12.1. The minimum absolute atomic E-state index is 0.0271. The molecule has 6 nitrogen and oxygen atoms in total. The van der Waals surface area contributed by atoms with Gasteiger partial charge < -0.3 is 9.64 Å². The highest BCUT2D eigenvalue weighted by atomic mass is 32.2. The maximum atomic E-state index is 13.6. The molecule has 40 heavy (non-hydrogen) atoms. The zero-order valence-corrected chi connectivity index (χ0v) is 22.8. The number of ether oxygens (including phenoxy) is 1. The van der Waals surface area contributed by atoms with Gasteiger partial charge in [-0.2, -0.15) is 30.6 Å². The largest absolute Gasteiger partial charge is 0.493 e. The van der Waals surface area contributed by atoms with Gasteiger partial charge in [0.05, 0.1) is 22.6 Å². The molecule has 1 unspecified atom stereocenters. The van der Waals surface area contributed by atoms with Gasteiger partial charge in [0, 0.05) is 31.1 Å². The highest BCUT2D eigenvalue weighted by Gasteiger charge is 2.40. The first-order chi connectivity index (χ1) is 18.3. The van der Waals surface area contributed by atoms with E-state index in [-0.39, 0.29) is 49.9 Å². The smallest absolute Gasteiger partial charge is 0.419 e. The molecular weight excluding hydrogens is 569 g/mol. The van der Waals surface area contributed by atoms with Gasteiger partial charge in [0.25, 0.3) is 0 Å². The molecule has 1 aliphatic heterocycles. The number of benzene rings is 2. The highest BCUT2D eigenvalue weighted by Crippen LogP contribution is 2.40. The van der Waals surface area contributed by atoms with Gasteiger partial charge in [-0.15, -0.1) is 0 Å². The number of halogens is 7. The fraction of sp³-hybridized carbons (Fsp3) is 0.500. The van der Waals surface area contributed by atoms with E-state index in [1.54, 1.807) is 20.8 Å². The Kier molecular flexibility index (Phi) is 9.14. The van der Waals surface area contributed by atoms with Crippen molar-refractivity contribution >= 4 is 15.9 Å². The Morgan fingerprint density at radius 2 is 1.68 bits per heavy atom. The van der Waals surface area contributed by atoms with Gasteiger partial charge in [0.15, 0.2) is 0 Å². The Morgan fingerprint density at radius 3 is 2.25 bits per heavy atom. The van der Waals surface area contributed by atoms with Gasteiger partial charge in [0.2, 0.25) is 15.9 Å². The van der Waals surface area contributed by atoms with E-state index in [0.29, 0.717) is 18.2 Å². The van der Waals surface area contributed by atoms with E-state index in [9.17, 15) is 43.9 Å². The van der Waals surface area contributed by atoms with Crippen molar-refractivity contribution in [1.82, 2.24) is 9.21 Å². The summed E-state index contributed by atoms with van der Waals surface area (Å²) in [5.74, 6) is -1.97. The summed E-state index contributed by atoms with van der Waals surface area (Å²) in [6.07, 6.45) is -9.57. The number of piperazine rings is 1. The maximum Gasteiger partial charge on any atom is 0.419 e. The summed E-state index contributed by atoms with van der Waals surface area (Å²) in [6, 6.07) is 4.95. The van der Waals surface area contributed by atoms with Crippen molar-refractivity contribution in [1.29, 1.82) is 0 Å². The Hall–Kier alpha value is -2.87. The lowest BCUT2D eigenvalue weighted by Crippen LogP contribution is -2.57. The molecule has 1 heterocycles. The summed E-state index contributed by atoms with van der Waals surface area (Å²) in [6.45, 7) is 4.58. The molecule has 0 bridgehead atoms. The van der Waals surface area contributed by atoms with E-state index in [1.165, 1.54) is 21.3 Å². The first kappa shape index (κ1) is 31.7. The van der Waals surface area contributed by atoms with Crippen LogP contribution >= 0.6 is 0 Å². The Bertz CT molecular complexity index is 1330. The third-order valence-electron chi connectivity index (χ3n) is 6.65. The molecule has 2 aromatic rings. The number of hydrogen-bond donors (Lipinski definition) is 0. The molecule has 0 saturated carbocycles. The summed E-state index contributed by atoms with van der Waals surface area (Å²) >= 11 is 0. The molecule has 0 aromatic heterocycles. The minimum atomic E-state index is -4.92. The zero-order valence-electron chi connectivity index (χ0n) is 21.9. The van der Waals surface area contributed by atoms with Crippen LogP contribution in [0.1, 0.15) is 44.7 Å². The van der Waals surface area contributed by atoms with Gasteiger partial charge in [-0.3, -0.25) is 4.79 Å². The van der Waals surface area contributed by atoms with Crippen molar-refractivity contribution in [3.63, 3.8) is 0 Å². The number of alkyl halides is 6. The number of carbonyl (C=O) groups is 1. The van der Waals surface area contributed by atoms with E-state index in [0.717, 1.165) is 12.1 Å². The molecule has 2 aromatic carbocycles. The van der Waals surface area contributed by atoms with Crippen LogP contribution in [0.5, 0.6) is 5.75 Å². The van der Waals surface area contributed by atoms with Crippen molar-refractivity contribution in [3.05, 3.63) is 59.4 Å². The molecule has 1 fully saturated rings. The summed E-state index contributed by atoms with van der Waals surface area (Å²) < 4.78 is 125. The molecule has 1 aliphatic rings. The highest BCUT2D eigenvalue weighted by molar-refractivity contribution is 7.89. The van der Waals surface area contributed by atoms with Crippen LogP contribution in [-0.2, 0) is 27.2 Å². The van der Waals surface area contributed by atoms with Crippen molar-refractivity contribution in [3.8, 4) is 5.75 Å². The first-order valence-electron chi connectivity index (χ1n) is 12.3. The molecule has 1 saturated heterocycles. The van der Waals surface area contributed by atoms with Crippen LogP contribution in [0.15, 0.2) is 47.4 Å². The number of carbonyl (C=O) groups excluding carboxylic acids is 1. The molecule has 3 rings (SSSR count). The molecular formula is C26H29F7N2O4S. The first-order valence-corrected chi connectivity index (χ1v) is 13.8. The van der Waals surface area contributed by atoms with E-state index in [2.05, 4.69) is 0 Å². The average molecular weight is 599 g/mol. The quantitative estimate of drug-likeness (QED) is 0.278. The predicted octanol–water partition coefficient (Wildman–Crippen LogP) is 5.97. The second kappa shape index (κ2) is 11.6. The molecule has 222 valence electrons. The fourth-order valence-corrected chi connectivity index (χ4v) is 6.17. The van der Waals surface area contributed by atoms with Crippen LogP contribution < -0.4 is 4.74 Å². The van der Waals surface area contributed by atoms with Crippen LogP contribution in [-0.4, -0.2) is 55.8 Å². The fourth-order valence-electron chi connectivity index (χ4n) is 4.53. The van der Waals surface area contributed by atoms with Crippen molar-refractivity contribution in [2.45, 2.75) is 56.9 Å². The second-order valence-electron chi connectivity index (χ2n) is 10.2. The molecule has 1 atom stereocenters. The van der Waals surface area contributed by atoms with E-state index < -0.39 is 56.5 Å². The lowest BCUT2D eigenvalue weighted by Gasteiger charge is -2.41. The number of sulfonamides is 1. The average Bonchev–Trinajstić information content (AvgIpc) is 2.84. The van der Waals surface area contributed by atoms with Gasteiger partial charge in [-0.25, -0.2) is 12.8 Å². The maximum absolute atomic E-state index is 13.6. The van der Waals surface area contributed by atoms with E-state index >= 15 is 0 Å². The molecule has 14 heteroatoms. The summed E-state index contributed by atoms with van der Waals surface area (Å²) in [7, 11) is -4.00. The van der Waals surface area contributed by atoms with Crippen LogP contribution in [0.25, 0.3) is 0 Å². The van der Waals surface area contributed by atoms with Gasteiger partial charge in [0.1, 0.15) is 11.6 Å². The Morgan fingerprint density at radius 1 is 1.00 bits per heavy atom. The number of rotatable bonds is 8. The normalized spacial score (nSPS) is 17.6. The summed E-state index contributed by atoms with van der Waals surface area (Å²) in [4.78, 5) is 14.5. The minimum Gasteiger partial charge on any atom is -0.493 e. The van der Waals surface area contributed by atoms with Crippen LogP contribution in [0.4, 0.5) is 30.7 Å². The third kappa shape index (κ3) is 7.25.